The molecule has 2 aromatic carbocycles. The molecular weight excluding hydrogens is 392 g/mol. The van der Waals surface area contributed by atoms with Gasteiger partial charge >= 0.3 is 0 Å². The summed E-state index contributed by atoms with van der Waals surface area (Å²) in [4.78, 5) is 24.5. The maximum atomic E-state index is 13.7. The lowest BCUT2D eigenvalue weighted by molar-refractivity contribution is 0.362. The van der Waals surface area contributed by atoms with Crippen LogP contribution < -0.4 is 5.56 Å². The van der Waals surface area contributed by atoms with Crippen LogP contribution in [-0.2, 0) is 0 Å². The molecule has 154 valence electrons. The third-order valence-corrected chi connectivity index (χ3v) is 6.86. The van der Waals surface area contributed by atoms with Gasteiger partial charge in [-0.25, -0.2) is 4.98 Å². The van der Waals surface area contributed by atoms with E-state index in [1.807, 2.05) is 24.3 Å². The fourth-order valence-corrected chi connectivity index (χ4v) is 5.28. The molecule has 0 radical (unpaired) electrons. The first-order valence-electron chi connectivity index (χ1n) is 10.6. The van der Waals surface area contributed by atoms with E-state index in [9.17, 15) is 4.79 Å². The van der Waals surface area contributed by atoms with Crippen LogP contribution in [0.1, 0.15) is 24.0 Å². The highest BCUT2D eigenvalue weighted by Gasteiger charge is 2.19. The summed E-state index contributed by atoms with van der Waals surface area (Å²) in [5.74, 6) is 0.922. The Morgan fingerprint density at radius 3 is 2.73 bits per heavy atom. The summed E-state index contributed by atoms with van der Waals surface area (Å²) in [7, 11) is 0. The number of likely N-dealkylation sites (tertiary alicyclic amines) is 1. The van der Waals surface area contributed by atoms with Crippen molar-refractivity contribution >= 4 is 33.7 Å². The van der Waals surface area contributed by atoms with Gasteiger partial charge in [0.15, 0.2) is 5.16 Å². The van der Waals surface area contributed by atoms with Crippen molar-refractivity contribution in [1.82, 2.24) is 19.4 Å². The highest BCUT2D eigenvalue weighted by atomic mass is 32.2. The van der Waals surface area contributed by atoms with E-state index in [0.717, 1.165) is 50.7 Å². The number of H-pyrrole nitrogens is 1. The van der Waals surface area contributed by atoms with Gasteiger partial charge in [0.05, 0.1) is 5.69 Å². The van der Waals surface area contributed by atoms with Gasteiger partial charge < -0.3 is 9.88 Å². The lowest BCUT2D eigenvalue weighted by atomic mass is 10.1. The summed E-state index contributed by atoms with van der Waals surface area (Å²) in [6.07, 6.45) is 2.58. The predicted octanol–water partition coefficient (Wildman–Crippen LogP) is 4.67. The summed E-state index contributed by atoms with van der Waals surface area (Å²) in [6, 6.07) is 14.2. The Kier molecular flexibility index (Phi) is 5.13. The second kappa shape index (κ2) is 7.93. The topological polar surface area (TPSA) is 53.9 Å². The van der Waals surface area contributed by atoms with Gasteiger partial charge in [-0.05, 0) is 63.0 Å². The molecule has 0 unspecified atom stereocenters. The summed E-state index contributed by atoms with van der Waals surface area (Å²) in [5.41, 5.74) is 5.37. The molecule has 3 heterocycles. The van der Waals surface area contributed by atoms with E-state index in [1.165, 1.54) is 25.9 Å². The number of benzene rings is 2. The Morgan fingerprint density at radius 2 is 1.90 bits per heavy atom. The molecule has 30 heavy (non-hydrogen) atoms. The van der Waals surface area contributed by atoms with Gasteiger partial charge in [-0.3, -0.25) is 9.36 Å². The molecule has 1 aliphatic rings. The smallest absolute Gasteiger partial charge is 0.283 e. The van der Waals surface area contributed by atoms with Crippen LogP contribution in [0.25, 0.3) is 27.6 Å². The zero-order chi connectivity index (χ0) is 20.7. The Hall–Kier alpha value is -2.57. The Balaban J connectivity index is 1.66. The number of aryl methyl sites for hydroxylation is 2. The van der Waals surface area contributed by atoms with Crippen LogP contribution in [-0.4, -0.2) is 44.8 Å². The van der Waals surface area contributed by atoms with Crippen LogP contribution in [0, 0.1) is 13.8 Å². The third-order valence-electron chi connectivity index (χ3n) is 5.94. The van der Waals surface area contributed by atoms with Gasteiger partial charge in [0.25, 0.3) is 5.56 Å². The zero-order valence-corrected chi connectivity index (χ0v) is 18.3. The number of thioether (sulfide) groups is 1. The number of fused-ring (bicyclic) bond motifs is 3. The van der Waals surface area contributed by atoms with Crippen LogP contribution >= 0.6 is 11.8 Å². The second-order valence-corrected chi connectivity index (χ2v) is 9.18. The summed E-state index contributed by atoms with van der Waals surface area (Å²) in [5, 5.41) is 1.77. The first-order chi connectivity index (χ1) is 14.6. The SMILES string of the molecule is Cc1ccc(C)c(-n2c(SCCN3CCCC3)nc3c([nH]c4ccccc43)c2=O)c1. The zero-order valence-electron chi connectivity index (χ0n) is 17.4. The summed E-state index contributed by atoms with van der Waals surface area (Å²) in [6.45, 7) is 7.50. The molecule has 0 amide bonds. The number of para-hydroxylation sites is 1. The number of hydrogen-bond acceptors (Lipinski definition) is 4. The lowest BCUT2D eigenvalue weighted by Gasteiger charge is -2.17. The fourth-order valence-electron chi connectivity index (χ4n) is 4.28. The Morgan fingerprint density at radius 1 is 1.10 bits per heavy atom. The number of hydrogen-bond donors (Lipinski definition) is 1. The van der Waals surface area contributed by atoms with Gasteiger partial charge in [0.1, 0.15) is 11.0 Å². The van der Waals surface area contributed by atoms with Gasteiger partial charge in [-0.1, -0.05) is 42.1 Å². The quantitative estimate of drug-likeness (QED) is 0.378. The molecule has 0 spiro atoms. The average molecular weight is 419 g/mol. The molecule has 1 aliphatic heterocycles. The highest BCUT2D eigenvalue weighted by Crippen LogP contribution is 2.27. The monoisotopic (exact) mass is 418 g/mol. The second-order valence-electron chi connectivity index (χ2n) is 8.12. The molecule has 0 bridgehead atoms. The molecule has 0 aliphatic carbocycles. The van der Waals surface area contributed by atoms with E-state index in [1.54, 1.807) is 16.3 Å². The molecular formula is C24H26N4OS. The van der Waals surface area contributed by atoms with Crippen molar-refractivity contribution in [2.75, 3.05) is 25.4 Å². The third kappa shape index (κ3) is 3.44. The van der Waals surface area contributed by atoms with Gasteiger partial charge in [0, 0.05) is 23.2 Å². The van der Waals surface area contributed by atoms with Gasteiger partial charge in [-0.15, -0.1) is 0 Å². The van der Waals surface area contributed by atoms with Crippen LogP contribution in [0.5, 0.6) is 0 Å². The molecule has 1 fully saturated rings. The minimum absolute atomic E-state index is 0.0337. The van der Waals surface area contributed by atoms with Crippen molar-refractivity contribution in [1.29, 1.82) is 0 Å². The largest absolute Gasteiger partial charge is 0.349 e. The molecule has 1 N–H and O–H groups in total. The molecule has 5 nitrogen and oxygen atoms in total. The number of nitrogens with zero attached hydrogens (tertiary/aromatic N) is 3. The number of aromatic amines is 1. The van der Waals surface area contributed by atoms with Crippen LogP contribution in [0.3, 0.4) is 0 Å². The maximum absolute atomic E-state index is 13.7. The molecule has 0 atom stereocenters. The van der Waals surface area contributed by atoms with E-state index in [-0.39, 0.29) is 5.56 Å². The fraction of sp³-hybridized carbons (Fsp3) is 0.333. The number of rotatable bonds is 5. The van der Waals surface area contributed by atoms with E-state index < -0.39 is 0 Å². The van der Waals surface area contributed by atoms with Gasteiger partial charge in [0.2, 0.25) is 0 Å². The maximum Gasteiger partial charge on any atom is 0.283 e. The minimum atomic E-state index is -0.0337. The highest BCUT2D eigenvalue weighted by molar-refractivity contribution is 7.99. The molecule has 5 rings (SSSR count). The molecule has 2 aromatic heterocycles. The van der Waals surface area contributed by atoms with Crippen molar-refractivity contribution in [3.63, 3.8) is 0 Å². The van der Waals surface area contributed by atoms with Crippen molar-refractivity contribution in [3.05, 3.63) is 63.9 Å². The number of aromatic nitrogens is 3. The number of nitrogens with one attached hydrogen (secondary N) is 1. The normalized spacial score (nSPS) is 14.9. The molecule has 1 saturated heterocycles. The predicted molar refractivity (Wildman–Crippen MR) is 125 cm³/mol. The van der Waals surface area contributed by atoms with Crippen molar-refractivity contribution in [2.24, 2.45) is 0 Å². The first-order valence-corrected chi connectivity index (χ1v) is 11.6. The molecule has 0 saturated carbocycles. The molecule has 6 heteroatoms. The van der Waals surface area contributed by atoms with E-state index in [0.29, 0.717) is 5.52 Å². The lowest BCUT2D eigenvalue weighted by Crippen LogP contribution is -2.24. The average Bonchev–Trinajstić information content (AvgIpc) is 3.39. The van der Waals surface area contributed by atoms with E-state index in [4.69, 9.17) is 4.98 Å². The van der Waals surface area contributed by atoms with E-state index in [2.05, 4.69) is 41.9 Å². The Labute approximate surface area is 180 Å². The van der Waals surface area contributed by atoms with Crippen molar-refractivity contribution < 1.29 is 0 Å². The Bertz CT molecular complexity index is 1280. The first kappa shape index (κ1) is 19.4. The summed E-state index contributed by atoms with van der Waals surface area (Å²) < 4.78 is 1.80. The van der Waals surface area contributed by atoms with Crippen LogP contribution in [0.15, 0.2) is 52.4 Å². The van der Waals surface area contributed by atoms with Gasteiger partial charge in [-0.2, -0.15) is 0 Å². The standard InChI is InChI=1S/C24H26N4OS/c1-16-9-10-17(2)20(15-16)28-23(29)22-21(18-7-3-4-8-19(18)25-22)26-24(28)30-14-13-27-11-5-6-12-27/h3-4,7-10,15,25H,5-6,11-14H2,1-2H3. The minimum Gasteiger partial charge on any atom is -0.349 e. The van der Waals surface area contributed by atoms with Crippen LogP contribution in [0.4, 0.5) is 0 Å². The summed E-state index contributed by atoms with van der Waals surface area (Å²) >= 11 is 1.68. The van der Waals surface area contributed by atoms with Crippen molar-refractivity contribution in [3.8, 4) is 5.69 Å². The van der Waals surface area contributed by atoms with Crippen LogP contribution in [0.2, 0.25) is 0 Å². The van der Waals surface area contributed by atoms with E-state index >= 15 is 0 Å². The molecule has 4 aromatic rings. The van der Waals surface area contributed by atoms with Crippen molar-refractivity contribution in [2.45, 2.75) is 31.8 Å².